The highest BCUT2D eigenvalue weighted by Gasteiger charge is 2.03. The minimum Gasteiger partial charge on any atom is -0.382 e. The summed E-state index contributed by atoms with van der Waals surface area (Å²) in [5, 5.41) is 0. The molecule has 0 spiro atoms. The number of hydrogen-bond acceptors (Lipinski definition) is 3. The van der Waals surface area contributed by atoms with Crippen LogP contribution in [-0.2, 0) is 14.2 Å². The fourth-order valence-electron chi connectivity index (χ4n) is 0.729. The molecule has 3 heteroatoms. The first kappa shape index (κ1) is 29.8. The molecule has 0 heterocycles. The lowest BCUT2D eigenvalue weighted by Gasteiger charge is -2.14. The van der Waals surface area contributed by atoms with Crippen molar-refractivity contribution < 1.29 is 14.2 Å². The van der Waals surface area contributed by atoms with Crippen molar-refractivity contribution in [2.24, 2.45) is 11.8 Å². The zero-order valence-electron chi connectivity index (χ0n) is 17.7. The van der Waals surface area contributed by atoms with Crippen LogP contribution in [0.5, 0.6) is 0 Å². The fraction of sp³-hybridized carbons (Fsp3) is 1.00. The maximum atomic E-state index is 5.51. The van der Waals surface area contributed by atoms with Crippen molar-refractivity contribution in [3.8, 4) is 0 Å². The van der Waals surface area contributed by atoms with E-state index in [-0.39, 0.29) is 6.10 Å². The first-order valence-corrected chi connectivity index (χ1v) is 8.84. The lowest BCUT2D eigenvalue weighted by atomic mass is 10.1. The molecular weight excluding hydrogens is 276 g/mol. The average molecular weight is 323 g/mol. The van der Waals surface area contributed by atoms with Crippen molar-refractivity contribution in [3.63, 3.8) is 0 Å². The van der Waals surface area contributed by atoms with Gasteiger partial charge in [-0.05, 0) is 32.6 Å². The van der Waals surface area contributed by atoms with E-state index in [2.05, 4.69) is 34.6 Å². The summed E-state index contributed by atoms with van der Waals surface area (Å²) in [6, 6.07) is 0. The van der Waals surface area contributed by atoms with Gasteiger partial charge in [0.15, 0.2) is 0 Å². The first-order valence-electron chi connectivity index (χ1n) is 8.84. The predicted molar refractivity (Wildman–Crippen MR) is 101 cm³/mol. The molecule has 0 amide bonds. The van der Waals surface area contributed by atoms with Crippen molar-refractivity contribution in [3.05, 3.63) is 0 Å². The van der Waals surface area contributed by atoms with Crippen molar-refractivity contribution >= 4 is 0 Å². The van der Waals surface area contributed by atoms with Gasteiger partial charge in [-0.2, -0.15) is 0 Å². The summed E-state index contributed by atoms with van der Waals surface area (Å²) in [7, 11) is 3.40. The summed E-state index contributed by atoms with van der Waals surface area (Å²) in [6.45, 7) is 22.4. The van der Waals surface area contributed by atoms with Crippen LogP contribution >= 0.6 is 0 Å². The van der Waals surface area contributed by atoms with Crippen LogP contribution in [0.2, 0.25) is 0 Å². The molecule has 0 fully saturated rings. The van der Waals surface area contributed by atoms with E-state index in [4.69, 9.17) is 14.2 Å². The van der Waals surface area contributed by atoms with Crippen molar-refractivity contribution in [2.45, 2.75) is 87.9 Å². The fourth-order valence-corrected chi connectivity index (χ4v) is 0.729. The molecule has 0 saturated carbocycles. The molecule has 0 bridgehead atoms. The van der Waals surface area contributed by atoms with Gasteiger partial charge >= 0.3 is 0 Å². The molecule has 0 aliphatic carbocycles. The van der Waals surface area contributed by atoms with Gasteiger partial charge in [-0.15, -0.1) is 0 Å². The third-order valence-electron chi connectivity index (χ3n) is 2.23. The molecule has 3 nitrogen and oxygen atoms in total. The molecule has 2 atom stereocenters. The third kappa shape index (κ3) is 50.2. The monoisotopic (exact) mass is 322 g/mol. The van der Waals surface area contributed by atoms with Gasteiger partial charge < -0.3 is 14.2 Å². The Morgan fingerprint density at radius 2 is 1.14 bits per heavy atom. The zero-order valence-corrected chi connectivity index (χ0v) is 17.7. The largest absolute Gasteiger partial charge is 0.382 e. The van der Waals surface area contributed by atoms with E-state index in [0.29, 0.717) is 18.6 Å². The molecule has 22 heavy (non-hydrogen) atoms. The van der Waals surface area contributed by atoms with Gasteiger partial charge in [0.1, 0.15) is 0 Å². The molecule has 0 N–H and O–H groups in total. The Labute approximate surface area is 142 Å². The Kier molecular flexibility index (Phi) is 35.0. The van der Waals surface area contributed by atoms with Crippen LogP contribution in [0.4, 0.5) is 0 Å². The number of ether oxygens (including phenoxy) is 3. The Hall–Kier alpha value is -0.120. The standard InChI is InChI=1S/C9H20O2.C4H10O.C4H10.C2H6/c1-5-8(2)6-11-9(3)7-10-4;1-4(2)5-3;1-4(2)3;1-2/h8-9H,5-7H2,1-4H3;4H,1-3H3;4H,1-3H3;1-2H3. The van der Waals surface area contributed by atoms with E-state index in [1.807, 2.05) is 34.6 Å². The normalized spacial score (nSPS) is 12.3. The summed E-state index contributed by atoms with van der Waals surface area (Å²) in [5.74, 6) is 1.49. The third-order valence-corrected chi connectivity index (χ3v) is 2.23. The second-order valence-corrected chi connectivity index (χ2v) is 6.13. The molecule has 0 aromatic rings. The lowest BCUT2D eigenvalue weighted by Crippen LogP contribution is -2.18. The molecule has 140 valence electrons. The van der Waals surface area contributed by atoms with Crippen LogP contribution in [0.3, 0.4) is 0 Å². The number of methoxy groups -OCH3 is 2. The first-order chi connectivity index (χ1) is 10.2. The van der Waals surface area contributed by atoms with E-state index in [1.165, 1.54) is 6.42 Å². The minimum atomic E-state index is 0.231. The van der Waals surface area contributed by atoms with Crippen LogP contribution in [0, 0.1) is 11.8 Å². The minimum absolute atomic E-state index is 0.231. The molecule has 0 aliphatic heterocycles. The Morgan fingerprint density at radius 3 is 1.36 bits per heavy atom. The Balaban J connectivity index is -0.000000122. The molecule has 2 unspecified atom stereocenters. The second-order valence-electron chi connectivity index (χ2n) is 6.13. The maximum absolute atomic E-state index is 5.51. The highest BCUT2D eigenvalue weighted by Crippen LogP contribution is 2.02. The SMILES string of the molecule is CC.CC(C)C.CCC(C)COC(C)COC.COC(C)C. The Morgan fingerprint density at radius 1 is 0.773 bits per heavy atom. The molecular formula is C19H46O3. The van der Waals surface area contributed by atoms with Gasteiger partial charge in [0.2, 0.25) is 0 Å². The molecule has 0 rings (SSSR count). The predicted octanol–water partition coefficient (Wildman–Crippen LogP) is 5.81. The van der Waals surface area contributed by atoms with E-state index < -0.39 is 0 Å². The molecule has 0 aromatic carbocycles. The van der Waals surface area contributed by atoms with Gasteiger partial charge in [-0.1, -0.05) is 54.9 Å². The smallest absolute Gasteiger partial charge is 0.0780 e. The van der Waals surface area contributed by atoms with Gasteiger partial charge in [0.25, 0.3) is 0 Å². The van der Waals surface area contributed by atoms with Crippen LogP contribution < -0.4 is 0 Å². The molecule has 0 saturated heterocycles. The quantitative estimate of drug-likeness (QED) is 0.591. The summed E-state index contributed by atoms with van der Waals surface area (Å²) in [4.78, 5) is 0. The topological polar surface area (TPSA) is 27.7 Å². The van der Waals surface area contributed by atoms with E-state index in [9.17, 15) is 0 Å². The summed E-state index contributed by atoms with van der Waals surface area (Å²) in [6.07, 6.45) is 1.80. The van der Waals surface area contributed by atoms with E-state index in [1.54, 1.807) is 14.2 Å². The van der Waals surface area contributed by atoms with Crippen LogP contribution in [0.1, 0.15) is 75.7 Å². The summed E-state index contributed by atoms with van der Waals surface area (Å²) in [5.41, 5.74) is 0. The second kappa shape index (κ2) is 25.8. The summed E-state index contributed by atoms with van der Waals surface area (Å²) < 4.78 is 15.2. The van der Waals surface area contributed by atoms with Crippen LogP contribution in [0.15, 0.2) is 0 Å². The van der Waals surface area contributed by atoms with E-state index in [0.717, 1.165) is 12.5 Å². The van der Waals surface area contributed by atoms with Crippen LogP contribution in [-0.4, -0.2) is 39.6 Å². The highest BCUT2D eigenvalue weighted by atomic mass is 16.5. The van der Waals surface area contributed by atoms with Gasteiger partial charge in [-0.25, -0.2) is 0 Å². The highest BCUT2D eigenvalue weighted by molar-refractivity contribution is 4.50. The maximum Gasteiger partial charge on any atom is 0.0780 e. The van der Waals surface area contributed by atoms with Crippen molar-refractivity contribution in [1.82, 2.24) is 0 Å². The van der Waals surface area contributed by atoms with E-state index >= 15 is 0 Å². The average Bonchev–Trinajstić information content (AvgIpc) is 2.47. The number of hydrogen-bond donors (Lipinski definition) is 0. The van der Waals surface area contributed by atoms with Crippen molar-refractivity contribution in [2.75, 3.05) is 27.4 Å². The zero-order chi connectivity index (χ0) is 18.6. The molecule has 0 aromatic heterocycles. The Bertz CT molecular complexity index is 156. The molecule has 0 radical (unpaired) electrons. The molecule has 0 aliphatic rings. The number of rotatable bonds is 7. The van der Waals surface area contributed by atoms with Crippen molar-refractivity contribution in [1.29, 1.82) is 0 Å². The van der Waals surface area contributed by atoms with Crippen LogP contribution in [0.25, 0.3) is 0 Å². The lowest BCUT2D eigenvalue weighted by molar-refractivity contribution is -0.00473. The van der Waals surface area contributed by atoms with Gasteiger partial charge in [-0.3, -0.25) is 0 Å². The van der Waals surface area contributed by atoms with Gasteiger partial charge in [0, 0.05) is 20.8 Å². The van der Waals surface area contributed by atoms with Gasteiger partial charge in [0.05, 0.1) is 18.8 Å². The summed E-state index contributed by atoms with van der Waals surface area (Å²) >= 11 is 0.